The summed E-state index contributed by atoms with van der Waals surface area (Å²) in [6.45, 7) is -0.459. The van der Waals surface area contributed by atoms with Crippen molar-refractivity contribution in [1.29, 1.82) is 0 Å². The number of carbonyl (C=O) groups excluding carboxylic acids is 1. The second-order valence-electron chi connectivity index (χ2n) is 4.48. The molecule has 0 spiro atoms. The molecule has 0 atom stereocenters. The Labute approximate surface area is 142 Å². The molecule has 9 heteroatoms. The van der Waals surface area contributed by atoms with Crippen LogP contribution in [0.5, 0.6) is 11.5 Å². The van der Waals surface area contributed by atoms with Gasteiger partial charge in [0.05, 0.1) is 0 Å². The molecule has 0 unspecified atom stereocenters. The smallest absolute Gasteiger partial charge is 0.481 e. The molecule has 2 rings (SSSR count). The lowest BCUT2D eigenvalue weighted by atomic mass is 10.3. The highest BCUT2D eigenvalue weighted by molar-refractivity contribution is 9.10. The molecular formula is C15H10BrF4NO3. The van der Waals surface area contributed by atoms with Crippen molar-refractivity contribution < 1.29 is 31.8 Å². The molecule has 0 aliphatic heterocycles. The van der Waals surface area contributed by atoms with Crippen molar-refractivity contribution in [1.82, 2.24) is 0 Å². The van der Waals surface area contributed by atoms with Gasteiger partial charge in [-0.1, -0.05) is 15.9 Å². The van der Waals surface area contributed by atoms with E-state index in [0.29, 0.717) is 4.47 Å². The Morgan fingerprint density at radius 2 is 1.79 bits per heavy atom. The maximum atomic E-state index is 13.5. The fraction of sp³-hybridized carbons (Fsp3) is 0.133. The summed E-state index contributed by atoms with van der Waals surface area (Å²) in [5.41, 5.74) is 0.245. The third kappa shape index (κ3) is 5.73. The number of rotatable bonds is 5. The molecule has 0 aromatic heterocycles. The quantitative estimate of drug-likeness (QED) is 0.742. The first-order valence-corrected chi connectivity index (χ1v) is 7.26. The van der Waals surface area contributed by atoms with Crippen LogP contribution in [0.25, 0.3) is 0 Å². The van der Waals surface area contributed by atoms with Gasteiger partial charge in [0, 0.05) is 10.2 Å². The van der Waals surface area contributed by atoms with Crippen molar-refractivity contribution in [2.75, 3.05) is 11.9 Å². The molecule has 0 saturated carbocycles. The van der Waals surface area contributed by atoms with Crippen molar-refractivity contribution in [3.05, 3.63) is 52.8 Å². The number of halogens is 5. The summed E-state index contributed by atoms with van der Waals surface area (Å²) >= 11 is 3.09. The monoisotopic (exact) mass is 407 g/mol. The molecule has 2 aromatic carbocycles. The van der Waals surface area contributed by atoms with Gasteiger partial charge in [-0.3, -0.25) is 4.79 Å². The maximum Gasteiger partial charge on any atom is 0.573 e. The Morgan fingerprint density at radius 3 is 2.38 bits per heavy atom. The van der Waals surface area contributed by atoms with Gasteiger partial charge < -0.3 is 14.8 Å². The molecule has 1 N–H and O–H groups in total. The number of nitrogens with one attached hydrogen (secondary N) is 1. The number of carbonyl (C=O) groups is 1. The fourth-order valence-corrected chi connectivity index (χ4v) is 2.01. The topological polar surface area (TPSA) is 47.6 Å². The van der Waals surface area contributed by atoms with E-state index in [4.69, 9.17) is 4.74 Å². The highest BCUT2D eigenvalue weighted by Crippen LogP contribution is 2.24. The Kier molecular flexibility index (Phi) is 5.66. The molecule has 0 aliphatic carbocycles. The van der Waals surface area contributed by atoms with Crippen molar-refractivity contribution in [2.45, 2.75) is 6.36 Å². The summed E-state index contributed by atoms with van der Waals surface area (Å²) in [5.74, 6) is -1.73. The van der Waals surface area contributed by atoms with Gasteiger partial charge in [-0.15, -0.1) is 13.2 Å². The van der Waals surface area contributed by atoms with E-state index in [9.17, 15) is 22.4 Å². The molecule has 4 nitrogen and oxygen atoms in total. The van der Waals surface area contributed by atoms with Gasteiger partial charge in [-0.2, -0.15) is 0 Å². The third-order valence-electron chi connectivity index (χ3n) is 2.62. The minimum absolute atomic E-state index is 0.0951. The van der Waals surface area contributed by atoms with Crippen LogP contribution in [0, 0.1) is 5.82 Å². The van der Waals surface area contributed by atoms with Gasteiger partial charge >= 0.3 is 6.36 Å². The molecule has 1 amide bonds. The van der Waals surface area contributed by atoms with Crippen molar-refractivity contribution in [2.24, 2.45) is 0 Å². The van der Waals surface area contributed by atoms with Crippen LogP contribution in [0.1, 0.15) is 0 Å². The molecule has 0 bridgehead atoms. The van der Waals surface area contributed by atoms with E-state index in [1.165, 1.54) is 24.3 Å². The molecule has 24 heavy (non-hydrogen) atoms. The summed E-state index contributed by atoms with van der Waals surface area (Å²) in [4.78, 5) is 11.7. The third-order valence-corrected chi connectivity index (χ3v) is 3.12. The lowest BCUT2D eigenvalue weighted by Crippen LogP contribution is -2.20. The minimum atomic E-state index is -4.78. The number of hydrogen-bond acceptors (Lipinski definition) is 3. The molecule has 0 fully saturated rings. The van der Waals surface area contributed by atoms with Crippen LogP contribution in [0.15, 0.2) is 46.9 Å². The van der Waals surface area contributed by atoms with Crippen LogP contribution < -0.4 is 14.8 Å². The van der Waals surface area contributed by atoms with Gasteiger partial charge in [0.25, 0.3) is 5.91 Å². The van der Waals surface area contributed by atoms with Gasteiger partial charge in [0.1, 0.15) is 5.75 Å². The molecular weight excluding hydrogens is 398 g/mol. The summed E-state index contributed by atoms with van der Waals surface area (Å²) in [6, 6.07) is 8.67. The second kappa shape index (κ2) is 7.52. The standard InChI is InChI=1S/C15H10BrF4NO3/c16-9-1-6-13(12(17)7-9)23-8-14(22)21-10-2-4-11(5-3-10)24-15(18,19)20/h1-7H,8H2,(H,21,22). The van der Waals surface area contributed by atoms with Crippen molar-refractivity contribution in [3.8, 4) is 11.5 Å². The summed E-state index contributed by atoms with van der Waals surface area (Å²) in [6.07, 6.45) is -4.78. The zero-order valence-corrected chi connectivity index (χ0v) is 13.4. The van der Waals surface area contributed by atoms with Gasteiger partial charge in [0.2, 0.25) is 0 Å². The number of alkyl halides is 3. The molecule has 0 radical (unpaired) electrons. The number of benzene rings is 2. The van der Waals surface area contributed by atoms with E-state index < -0.39 is 30.4 Å². The first-order valence-electron chi connectivity index (χ1n) is 6.46. The predicted octanol–water partition coefficient (Wildman–Crippen LogP) is 4.50. The van der Waals surface area contributed by atoms with E-state index in [1.807, 2.05) is 0 Å². The zero-order valence-electron chi connectivity index (χ0n) is 11.9. The largest absolute Gasteiger partial charge is 0.573 e. The Balaban J connectivity index is 1.88. The number of hydrogen-bond donors (Lipinski definition) is 1. The number of anilines is 1. The van der Waals surface area contributed by atoms with Crippen LogP contribution >= 0.6 is 15.9 Å². The second-order valence-corrected chi connectivity index (χ2v) is 5.40. The maximum absolute atomic E-state index is 13.5. The number of ether oxygens (including phenoxy) is 2. The van der Waals surface area contributed by atoms with Gasteiger partial charge in [-0.25, -0.2) is 4.39 Å². The van der Waals surface area contributed by atoms with E-state index >= 15 is 0 Å². The summed E-state index contributed by atoms with van der Waals surface area (Å²) < 4.78 is 58.9. The Bertz CT molecular complexity index is 720. The SMILES string of the molecule is O=C(COc1ccc(Br)cc1F)Nc1ccc(OC(F)(F)F)cc1. The molecule has 0 heterocycles. The highest BCUT2D eigenvalue weighted by atomic mass is 79.9. The van der Waals surface area contributed by atoms with Gasteiger partial charge in [-0.05, 0) is 42.5 Å². The summed E-state index contributed by atoms with van der Waals surface area (Å²) in [7, 11) is 0. The van der Waals surface area contributed by atoms with E-state index in [1.54, 1.807) is 6.07 Å². The summed E-state index contributed by atoms with van der Waals surface area (Å²) in [5, 5.41) is 2.40. The number of amides is 1. The lowest BCUT2D eigenvalue weighted by Gasteiger charge is -2.10. The fourth-order valence-electron chi connectivity index (χ4n) is 1.67. The Hall–Kier alpha value is -2.29. The van der Waals surface area contributed by atoms with Crippen LogP contribution in [0.4, 0.5) is 23.2 Å². The van der Waals surface area contributed by atoms with E-state index in [-0.39, 0.29) is 11.4 Å². The highest BCUT2D eigenvalue weighted by Gasteiger charge is 2.30. The van der Waals surface area contributed by atoms with Crippen LogP contribution in [-0.2, 0) is 4.79 Å². The molecule has 0 aliphatic rings. The van der Waals surface area contributed by atoms with Crippen molar-refractivity contribution >= 4 is 27.5 Å². The predicted molar refractivity (Wildman–Crippen MR) is 81.3 cm³/mol. The average Bonchev–Trinajstić information content (AvgIpc) is 2.47. The van der Waals surface area contributed by atoms with Crippen LogP contribution in [-0.4, -0.2) is 18.9 Å². The lowest BCUT2D eigenvalue weighted by molar-refractivity contribution is -0.274. The first-order chi connectivity index (χ1) is 11.2. The van der Waals surface area contributed by atoms with E-state index in [2.05, 4.69) is 26.0 Å². The average molecular weight is 408 g/mol. The Morgan fingerprint density at radius 1 is 1.12 bits per heavy atom. The normalized spacial score (nSPS) is 11.0. The minimum Gasteiger partial charge on any atom is -0.481 e. The van der Waals surface area contributed by atoms with E-state index in [0.717, 1.165) is 12.1 Å². The zero-order chi connectivity index (χ0) is 17.7. The van der Waals surface area contributed by atoms with Crippen LogP contribution in [0.2, 0.25) is 0 Å². The molecule has 128 valence electrons. The first kappa shape index (κ1) is 18.1. The molecule has 0 saturated heterocycles. The van der Waals surface area contributed by atoms with Crippen LogP contribution in [0.3, 0.4) is 0 Å². The van der Waals surface area contributed by atoms with Crippen molar-refractivity contribution in [3.63, 3.8) is 0 Å². The van der Waals surface area contributed by atoms with Gasteiger partial charge in [0.15, 0.2) is 18.2 Å². The molecule has 2 aromatic rings.